The second-order valence-electron chi connectivity index (χ2n) is 4.84. The summed E-state index contributed by atoms with van der Waals surface area (Å²) in [6, 6.07) is 1.84. The Labute approximate surface area is 106 Å². The molecule has 1 amide bonds. The Morgan fingerprint density at radius 1 is 1.44 bits per heavy atom. The van der Waals surface area contributed by atoms with Gasteiger partial charge < -0.3 is 10.4 Å². The first-order chi connectivity index (χ1) is 8.42. The predicted octanol–water partition coefficient (Wildman–Crippen LogP) is 0.890. The highest BCUT2D eigenvalue weighted by molar-refractivity contribution is 5.84. The molecular formula is C12H19N3O3. The van der Waals surface area contributed by atoms with Crippen LogP contribution < -0.4 is 5.32 Å². The van der Waals surface area contributed by atoms with Crippen LogP contribution in [0.2, 0.25) is 0 Å². The predicted molar refractivity (Wildman–Crippen MR) is 65.9 cm³/mol. The molecule has 0 aromatic carbocycles. The molecule has 0 aliphatic heterocycles. The van der Waals surface area contributed by atoms with Crippen LogP contribution in [0.15, 0.2) is 18.5 Å². The average Bonchev–Trinajstić information content (AvgIpc) is 2.76. The molecule has 0 atom stereocenters. The van der Waals surface area contributed by atoms with Gasteiger partial charge in [0.1, 0.15) is 0 Å². The second kappa shape index (κ2) is 6.18. The monoisotopic (exact) mass is 253 g/mol. The first-order valence-electron chi connectivity index (χ1n) is 5.89. The number of rotatable bonds is 7. The number of amides is 1. The van der Waals surface area contributed by atoms with Gasteiger partial charge in [0, 0.05) is 31.9 Å². The molecule has 6 nitrogen and oxygen atoms in total. The number of carboxylic acid groups (broad SMARTS) is 1. The van der Waals surface area contributed by atoms with Gasteiger partial charge in [-0.15, -0.1) is 0 Å². The maximum absolute atomic E-state index is 11.5. The normalized spacial score (nSPS) is 11.2. The number of carboxylic acids is 1. The number of nitrogens with zero attached hydrogens (tertiary/aromatic N) is 2. The number of nitrogens with one attached hydrogen (secondary N) is 1. The summed E-state index contributed by atoms with van der Waals surface area (Å²) < 4.78 is 1.79. The molecule has 1 rings (SSSR count). The molecule has 1 heterocycles. The Hall–Kier alpha value is -1.85. The molecule has 1 aromatic rings. The van der Waals surface area contributed by atoms with E-state index < -0.39 is 11.4 Å². The molecule has 0 saturated heterocycles. The first-order valence-corrected chi connectivity index (χ1v) is 5.89. The zero-order valence-electron chi connectivity index (χ0n) is 10.7. The van der Waals surface area contributed by atoms with E-state index in [-0.39, 0.29) is 12.3 Å². The van der Waals surface area contributed by atoms with Gasteiger partial charge in [-0.2, -0.15) is 5.10 Å². The third kappa shape index (κ3) is 4.57. The fourth-order valence-electron chi connectivity index (χ4n) is 1.44. The lowest BCUT2D eigenvalue weighted by Gasteiger charge is -2.18. The van der Waals surface area contributed by atoms with Gasteiger partial charge in [-0.25, -0.2) is 0 Å². The van der Waals surface area contributed by atoms with Gasteiger partial charge >= 0.3 is 5.97 Å². The van der Waals surface area contributed by atoms with Crippen LogP contribution in [0.1, 0.15) is 26.7 Å². The lowest BCUT2D eigenvalue weighted by atomic mass is 9.89. The van der Waals surface area contributed by atoms with E-state index in [4.69, 9.17) is 5.11 Å². The summed E-state index contributed by atoms with van der Waals surface area (Å²) in [6.45, 7) is 4.33. The third-order valence-electron chi connectivity index (χ3n) is 2.63. The topological polar surface area (TPSA) is 84.2 Å². The van der Waals surface area contributed by atoms with Gasteiger partial charge in [0.05, 0.1) is 5.41 Å². The molecule has 18 heavy (non-hydrogen) atoms. The molecule has 0 spiro atoms. The van der Waals surface area contributed by atoms with E-state index in [9.17, 15) is 9.59 Å². The van der Waals surface area contributed by atoms with Crippen LogP contribution in [0.25, 0.3) is 0 Å². The highest BCUT2D eigenvalue weighted by Crippen LogP contribution is 2.19. The van der Waals surface area contributed by atoms with Crippen molar-refractivity contribution in [3.05, 3.63) is 18.5 Å². The minimum atomic E-state index is -1.02. The van der Waals surface area contributed by atoms with Crippen molar-refractivity contribution < 1.29 is 14.7 Å². The van der Waals surface area contributed by atoms with E-state index in [2.05, 4.69) is 10.4 Å². The largest absolute Gasteiger partial charge is 0.481 e. The molecule has 0 radical (unpaired) electrons. The van der Waals surface area contributed by atoms with E-state index >= 15 is 0 Å². The first kappa shape index (κ1) is 14.2. The second-order valence-corrected chi connectivity index (χ2v) is 4.84. The summed E-state index contributed by atoms with van der Waals surface area (Å²) in [5.74, 6) is -1.20. The van der Waals surface area contributed by atoms with E-state index in [1.54, 1.807) is 24.7 Å². The van der Waals surface area contributed by atoms with Crippen LogP contribution in [-0.4, -0.2) is 33.3 Å². The standard InChI is InChI=1S/C12H19N3O3/c1-12(2,11(17)18)9-10(16)13-5-3-7-15-8-4-6-14-15/h4,6,8H,3,5,7,9H2,1-2H3,(H,13,16)(H,17,18). The van der Waals surface area contributed by atoms with Crippen LogP contribution in [0, 0.1) is 5.41 Å². The van der Waals surface area contributed by atoms with Crippen molar-refractivity contribution in [2.45, 2.75) is 33.2 Å². The zero-order chi connectivity index (χ0) is 13.6. The molecule has 0 fully saturated rings. The van der Waals surface area contributed by atoms with E-state index in [1.807, 2.05) is 12.3 Å². The van der Waals surface area contributed by atoms with Crippen molar-refractivity contribution in [1.29, 1.82) is 0 Å². The van der Waals surface area contributed by atoms with E-state index in [1.165, 1.54) is 0 Å². The summed E-state index contributed by atoms with van der Waals surface area (Å²) in [4.78, 5) is 22.4. The Morgan fingerprint density at radius 3 is 2.72 bits per heavy atom. The lowest BCUT2D eigenvalue weighted by Crippen LogP contribution is -2.34. The number of carbonyl (C=O) groups is 2. The maximum Gasteiger partial charge on any atom is 0.309 e. The number of hydrogen-bond donors (Lipinski definition) is 2. The molecule has 0 bridgehead atoms. The molecule has 6 heteroatoms. The van der Waals surface area contributed by atoms with Crippen LogP contribution in [0.3, 0.4) is 0 Å². The molecule has 0 unspecified atom stereocenters. The van der Waals surface area contributed by atoms with Gasteiger partial charge in [-0.05, 0) is 26.3 Å². The molecular weight excluding hydrogens is 234 g/mol. The van der Waals surface area contributed by atoms with Gasteiger partial charge in [0.15, 0.2) is 0 Å². The quantitative estimate of drug-likeness (QED) is 0.707. The number of aryl methyl sites for hydroxylation is 1. The number of aliphatic carboxylic acids is 1. The van der Waals surface area contributed by atoms with Crippen molar-refractivity contribution >= 4 is 11.9 Å². The summed E-state index contributed by atoms with van der Waals surface area (Å²) in [7, 11) is 0. The Bertz CT molecular complexity index is 399. The summed E-state index contributed by atoms with van der Waals surface area (Å²) in [5, 5.41) is 15.6. The number of carbonyl (C=O) groups excluding carboxylic acids is 1. The highest BCUT2D eigenvalue weighted by atomic mass is 16.4. The molecule has 100 valence electrons. The van der Waals surface area contributed by atoms with Crippen molar-refractivity contribution in [3.8, 4) is 0 Å². The third-order valence-corrected chi connectivity index (χ3v) is 2.63. The van der Waals surface area contributed by atoms with Crippen LogP contribution >= 0.6 is 0 Å². The highest BCUT2D eigenvalue weighted by Gasteiger charge is 2.29. The molecule has 1 aromatic heterocycles. The summed E-state index contributed by atoms with van der Waals surface area (Å²) >= 11 is 0. The lowest BCUT2D eigenvalue weighted by molar-refractivity contribution is -0.149. The van der Waals surface area contributed by atoms with Crippen molar-refractivity contribution in [1.82, 2.24) is 15.1 Å². The number of aromatic nitrogens is 2. The van der Waals surface area contributed by atoms with Gasteiger partial charge in [-0.1, -0.05) is 0 Å². The Kier molecular flexibility index (Phi) is 4.88. The zero-order valence-corrected chi connectivity index (χ0v) is 10.7. The van der Waals surface area contributed by atoms with Gasteiger partial charge in [0.25, 0.3) is 0 Å². The fraction of sp³-hybridized carbons (Fsp3) is 0.583. The fourth-order valence-corrected chi connectivity index (χ4v) is 1.44. The van der Waals surface area contributed by atoms with Gasteiger partial charge in [-0.3, -0.25) is 14.3 Å². The van der Waals surface area contributed by atoms with Crippen LogP contribution in [0.5, 0.6) is 0 Å². The smallest absolute Gasteiger partial charge is 0.309 e. The average molecular weight is 253 g/mol. The summed E-state index contributed by atoms with van der Waals surface area (Å²) in [6.07, 6.45) is 4.31. The minimum Gasteiger partial charge on any atom is -0.481 e. The molecule has 0 saturated carbocycles. The maximum atomic E-state index is 11.5. The summed E-state index contributed by atoms with van der Waals surface area (Å²) in [5.41, 5.74) is -1.02. The van der Waals surface area contributed by atoms with Gasteiger partial charge in [0.2, 0.25) is 5.91 Å². The minimum absolute atomic E-state index is 0.00982. The Balaban J connectivity index is 2.19. The molecule has 0 aliphatic rings. The Morgan fingerprint density at radius 2 is 2.17 bits per heavy atom. The van der Waals surface area contributed by atoms with Crippen LogP contribution in [-0.2, 0) is 16.1 Å². The molecule has 0 aliphatic carbocycles. The van der Waals surface area contributed by atoms with Crippen molar-refractivity contribution in [2.75, 3.05) is 6.54 Å². The van der Waals surface area contributed by atoms with E-state index in [0.29, 0.717) is 6.54 Å². The molecule has 2 N–H and O–H groups in total. The SMILES string of the molecule is CC(C)(CC(=O)NCCCn1cccn1)C(=O)O. The van der Waals surface area contributed by atoms with Crippen molar-refractivity contribution in [3.63, 3.8) is 0 Å². The number of hydrogen-bond acceptors (Lipinski definition) is 3. The van der Waals surface area contributed by atoms with E-state index in [0.717, 1.165) is 13.0 Å². The van der Waals surface area contributed by atoms with Crippen LogP contribution in [0.4, 0.5) is 0 Å². The van der Waals surface area contributed by atoms with Crippen molar-refractivity contribution in [2.24, 2.45) is 5.41 Å².